The molecule has 0 atom stereocenters. The number of carbonyl (C=O) groups excluding carboxylic acids is 2. The normalized spacial score (nSPS) is 10.2. The summed E-state index contributed by atoms with van der Waals surface area (Å²) in [4.78, 5) is 42.1. The van der Waals surface area contributed by atoms with E-state index >= 15 is 0 Å². The van der Waals surface area contributed by atoms with Crippen molar-refractivity contribution in [1.29, 1.82) is 0 Å². The van der Waals surface area contributed by atoms with Crippen LogP contribution in [0, 0.1) is 15.9 Å². The van der Waals surface area contributed by atoms with Crippen LogP contribution in [0.1, 0.15) is 27.6 Å². The van der Waals surface area contributed by atoms with Crippen LogP contribution in [0.25, 0.3) is 0 Å². The first-order valence-corrected chi connectivity index (χ1v) is 8.55. The van der Waals surface area contributed by atoms with Crippen molar-refractivity contribution >= 4 is 34.7 Å². The van der Waals surface area contributed by atoms with Gasteiger partial charge < -0.3 is 5.32 Å². The van der Waals surface area contributed by atoms with Gasteiger partial charge in [0.1, 0.15) is 12.1 Å². The van der Waals surface area contributed by atoms with Gasteiger partial charge >= 0.3 is 5.69 Å². The minimum Gasteiger partial charge on any atom is -0.334 e. The second kappa shape index (κ2) is 8.73. The number of hydrogen-bond donors (Lipinski definition) is 3. The zero-order valence-corrected chi connectivity index (χ0v) is 15.5. The highest BCUT2D eigenvalue weighted by Crippen LogP contribution is 2.31. The zero-order chi connectivity index (χ0) is 21.7. The standard InChI is InChI=1S/C19H15FN6O4/c1-11(27)12-5-4-6-13(9-12)23-17-16(26(29)30)18(22-10-21-17)24-25-19(28)14-7-2-3-8-15(14)20/h2-10H,1H3,(H,25,28)(H2,21,22,23,24). The first-order chi connectivity index (χ1) is 14.4. The summed E-state index contributed by atoms with van der Waals surface area (Å²) < 4.78 is 13.7. The molecular formula is C19H15FN6O4. The fourth-order valence-corrected chi connectivity index (χ4v) is 2.52. The Morgan fingerprint density at radius 3 is 2.50 bits per heavy atom. The molecule has 0 aliphatic heterocycles. The van der Waals surface area contributed by atoms with Gasteiger partial charge in [0.15, 0.2) is 5.78 Å². The molecule has 0 unspecified atom stereocenters. The number of aromatic nitrogens is 2. The number of benzene rings is 2. The smallest absolute Gasteiger partial charge is 0.334 e. The van der Waals surface area contributed by atoms with Gasteiger partial charge in [-0.3, -0.25) is 30.6 Å². The monoisotopic (exact) mass is 410 g/mol. The second-order valence-corrected chi connectivity index (χ2v) is 6.00. The van der Waals surface area contributed by atoms with Gasteiger partial charge in [0.2, 0.25) is 11.6 Å². The summed E-state index contributed by atoms with van der Waals surface area (Å²) in [6, 6.07) is 11.6. The number of anilines is 3. The molecule has 2 aromatic carbocycles. The summed E-state index contributed by atoms with van der Waals surface area (Å²) >= 11 is 0. The molecule has 0 saturated heterocycles. The van der Waals surface area contributed by atoms with Gasteiger partial charge in [0, 0.05) is 11.3 Å². The summed E-state index contributed by atoms with van der Waals surface area (Å²) in [6.45, 7) is 1.40. The minimum absolute atomic E-state index is 0.168. The van der Waals surface area contributed by atoms with E-state index in [2.05, 4.69) is 26.1 Å². The Labute approximate surface area is 169 Å². The van der Waals surface area contributed by atoms with Crippen molar-refractivity contribution in [1.82, 2.24) is 15.4 Å². The molecule has 0 fully saturated rings. The van der Waals surface area contributed by atoms with Crippen molar-refractivity contribution in [2.24, 2.45) is 0 Å². The molecule has 30 heavy (non-hydrogen) atoms. The maximum atomic E-state index is 13.7. The van der Waals surface area contributed by atoms with Crippen LogP contribution in [-0.4, -0.2) is 26.6 Å². The number of nitrogens with one attached hydrogen (secondary N) is 3. The predicted octanol–water partition coefficient (Wildman–Crippen LogP) is 3.23. The Hall–Kier alpha value is -4.41. The summed E-state index contributed by atoms with van der Waals surface area (Å²) in [6.07, 6.45) is 1.04. The first-order valence-electron chi connectivity index (χ1n) is 8.55. The number of rotatable bonds is 7. The molecule has 3 aromatic rings. The van der Waals surface area contributed by atoms with Gasteiger partial charge in [-0.2, -0.15) is 0 Å². The second-order valence-electron chi connectivity index (χ2n) is 6.00. The highest BCUT2D eigenvalue weighted by Gasteiger charge is 2.24. The van der Waals surface area contributed by atoms with Gasteiger partial charge in [0.05, 0.1) is 10.5 Å². The quantitative estimate of drug-likeness (QED) is 0.306. The molecule has 11 heteroatoms. The Morgan fingerprint density at radius 2 is 1.80 bits per heavy atom. The molecule has 152 valence electrons. The molecule has 0 aliphatic rings. The van der Waals surface area contributed by atoms with Crippen molar-refractivity contribution in [3.8, 4) is 0 Å². The number of nitro groups is 1. The van der Waals surface area contributed by atoms with Gasteiger partial charge in [0.25, 0.3) is 5.91 Å². The Morgan fingerprint density at radius 1 is 1.07 bits per heavy atom. The van der Waals surface area contributed by atoms with E-state index in [1.807, 2.05) is 0 Å². The van der Waals surface area contributed by atoms with Gasteiger partial charge in [-0.1, -0.05) is 24.3 Å². The minimum atomic E-state index is -0.843. The fraction of sp³-hybridized carbons (Fsp3) is 0.0526. The molecule has 0 radical (unpaired) electrons. The highest BCUT2D eigenvalue weighted by atomic mass is 19.1. The van der Waals surface area contributed by atoms with E-state index in [-0.39, 0.29) is 23.0 Å². The fourth-order valence-electron chi connectivity index (χ4n) is 2.52. The highest BCUT2D eigenvalue weighted by molar-refractivity contribution is 5.96. The van der Waals surface area contributed by atoms with E-state index in [9.17, 15) is 24.1 Å². The number of halogens is 1. The Balaban J connectivity index is 1.85. The number of carbonyl (C=O) groups is 2. The van der Waals surface area contributed by atoms with Crippen LogP contribution in [-0.2, 0) is 0 Å². The van der Waals surface area contributed by atoms with E-state index < -0.39 is 22.3 Å². The van der Waals surface area contributed by atoms with E-state index in [4.69, 9.17) is 0 Å². The average molecular weight is 410 g/mol. The molecule has 0 bridgehead atoms. The van der Waals surface area contributed by atoms with E-state index in [0.29, 0.717) is 11.3 Å². The van der Waals surface area contributed by atoms with E-state index in [1.165, 1.54) is 31.2 Å². The van der Waals surface area contributed by atoms with Crippen LogP contribution in [0.3, 0.4) is 0 Å². The average Bonchev–Trinajstić information content (AvgIpc) is 2.72. The summed E-state index contributed by atoms with van der Waals surface area (Å²) in [7, 11) is 0. The number of Topliss-reactive ketones (excluding diaryl/α,β-unsaturated/α-hetero) is 1. The number of amides is 1. The van der Waals surface area contributed by atoms with Crippen molar-refractivity contribution < 1.29 is 18.9 Å². The third-order valence-corrected chi connectivity index (χ3v) is 3.95. The molecule has 1 aromatic heterocycles. The van der Waals surface area contributed by atoms with Gasteiger partial charge in [-0.25, -0.2) is 14.4 Å². The first kappa shape index (κ1) is 20.3. The zero-order valence-electron chi connectivity index (χ0n) is 15.5. The summed E-state index contributed by atoms with van der Waals surface area (Å²) in [5.41, 5.74) is 4.49. The largest absolute Gasteiger partial charge is 0.355 e. The van der Waals surface area contributed by atoms with E-state index in [1.54, 1.807) is 18.2 Å². The predicted molar refractivity (Wildman–Crippen MR) is 106 cm³/mol. The lowest BCUT2D eigenvalue weighted by Crippen LogP contribution is -2.31. The number of hydrogen-bond acceptors (Lipinski definition) is 8. The number of nitrogens with zero attached hydrogens (tertiary/aromatic N) is 3. The van der Waals surface area contributed by atoms with Crippen LogP contribution in [0.2, 0.25) is 0 Å². The van der Waals surface area contributed by atoms with Gasteiger partial charge in [-0.05, 0) is 31.2 Å². The van der Waals surface area contributed by atoms with Crippen molar-refractivity contribution in [2.45, 2.75) is 6.92 Å². The van der Waals surface area contributed by atoms with Crippen LogP contribution < -0.4 is 16.2 Å². The molecule has 10 nitrogen and oxygen atoms in total. The van der Waals surface area contributed by atoms with Crippen molar-refractivity contribution in [3.63, 3.8) is 0 Å². The third-order valence-electron chi connectivity index (χ3n) is 3.95. The molecule has 0 aliphatic carbocycles. The summed E-state index contributed by atoms with van der Waals surface area (Å²) in [5.74, 6) is -2.25. The lowest BCUT2D eigenvalue weighted by molar-refractivity contribution is -0.383. The van der Waals surface area contributed by atoms with E-state index in [0.717, 1.165) is 12.4 Å². The molecule has 1 amide bonds. The van der Waals surface area contributed by atoms with Crippen LogP contribution in [0.4, 0.5) is 27.4 Å². The molecule has 0 spiro atoms. The Bertz CT molecular complexity index is 1140. The lowest BCUT2D eigenvalue weighted by atomic mass is 10.1. The van der Waals surface area contributed by atoms with Crippen LogP contribution in [0.15, 0.2) is 54.9 Å². The summed E-state index contributed by atoms with van der Waals surface area (Å²) in [5, 5.41) is 14.4. The topological polar surface area (TPSA) is 139 Å². The number of hydrazine groups is 1. The van der Waals surface area contributed by atoms with Crippen molar-refractivity contribution in [2.75, 3.05) is 10.7 Å². The maximum Gasteiger partial charge on any atom is 0.355 e. The molecule has 0 saturated carbocycles. The van der Waals surface area contributed by atoms with Gasteiger partial charge in [-0.15, -0.1) is 0 Å². The molecule has 3 N–H and O–H groups in total. The third kappa shape index (κ3) is 4.52. The Kier molecular flexibility index (Phi) is 5.92. The van der Waals surface area contributed by atoms with Crippen LogP contribution >= 0.6 is 0 Å². The number of ketones is 1. The molecule has 1 heterocycles. The molecule has 3 rings (SSSR count). The van der Waals surface area contributed by atoms with Crippen LogP contribution in [0.5, 0.6) is 0 Å². The SMILES string of the molecule is CC(=O)c1cccc(Nc2ncnc(NNC(=O)c3ccccc3F)c2[N+](=O)[O-])c1. The maximum absolute atomic E-state index is 13.7. The molecular weight excluding hydrogens is 395 g/mol. The van der Waals surface area contributed by atoms with Crippen molar-refractivity contribution in [3.05, 3.63) is 81.9 Å². The lowest BCUT2D eigenvalue weighted by Gasteiger charge is -2.11.